The molecule has 1 aliphatic heterocycles. The molecule has 5 nitrogen and oxygen atoms in total. The van der Waals surface area contributed by atoms with Crippen LogP contribution in [0.3, 0.4) is 0 Å². The number of carbonyl (C=O) groups is 1. The van der Waals surface area contributed by atoms with E-state index < -0.39 is 0 Å². The van der Waals surface area contributed by atoms with Crippen molar-refractivity contribution in [3.05, 3.63) is 65.2 Å². The summed E-state index contributed by atoms with van der Waals surface area (Å²) in [7, 11) is 6.96. The number of rotatable bonds is 7. The van der Waals surface area contributed by atoms with Gasteiger partial charge in [0.05, 0.1) is 32.5 Å². The first-order valence-electron chi connectivity index (χ1n) is 9.57. The molecule has 3 rings (SSSR count). The van der Waals surface area contributed by atoms with E-state index in [2.05, 4.69) is 18.0 Å². The third-order valence-corrected chi connectivity index (χ3v) is 5.08. The van der Waals surface area contributed by atoms with Crippen LogP contribution in [0.2, 0.25) is 0 Å². The van der Waals surface area contributed by atoms with Gasteiger partial charge in [-0.1, -0.05) is 36.4 Å². The van der Waals surface area contributed by atoms with Crippen molar-refractivity contribution in [1.82, 2.24) is 4.90 Å². The molecule has 0 saturated heterocycles. The smallest absolute Gasteiger partial charge is 0.185 e. The highest BCUT2D eigenvalue weighted by molar-refractivity contribution is 6.07. The van der Waals surface area contributed by atoms with Crippen LogP contribution in [0.1, 0.15) is 27.9 Å². The molecule has 29 heavy (non-hydrogen) atoms. The summed E-state index contributed by atoms with van der Waals surface area (Å²) < 4.78 is 17.0. The molecule has 2 aromatic carbocycles. The van der Waals surface area contributed by atoms with Crippen LogP contribution in [0.25, 0.3) is 11.6 Å². The van der Waals surface area contributed by atoms with Gasteiger partial charge in [-0.25, -0.2) is 0 Å². The highest BCUT2D eigenvalue weighted by atomic mass is 16.5. The maximum absolute atomic E-state index is 12.6. The zero-order chi connectivity index (χ0) is 20.8. The van der Waals surface area contributed by atoms with E-state index in [0.717, 1.165) is 30.6 Å². The maximum Gasteiger partial charge on any atom is 0.185 e. The van der Waals surface area contributed by atoms with Crippen LogP contribution in [0.5, 0.6) is 17.2 Å². The summed E-state index contributed by atoms with van der Waals surface area (Å²) in [5.41, 5.74) is 3.43. The predicted octanol–water partition coefficient (Wildman–Crippen LogP) is 4.33. The Bertz CT molecular complexity index is 932. The molecule has 2 aromatic rings. The second-order valence-electron chi connectivity index (χ2n) is 6.91. The Labute approximate surface area is 172 Å². The number of likely N-dealkylation sites (N-methyl/N-ethyl adjacent to an activating group) is 1. The van der Waals surface area contributed by atoms with E-state index >= 15 is 0 Å². The fraction of sp³-hybridized carbons (Fsp3) is 0.292. The lowest BCUT2D eigenvalue weighted by Gasteiger charge is -2.25. The van der Waals surface area contributed by atoms with Crippen molar-refractivity contribution in [3.8, 4) is 17.2 Å². The Hall–Kier alpha value is -3.05. The molecule has 152 valence electrons. The van der Waals surface area contributed by atoms with Gasteiger partial charge in [0.15, 0.2) is 5.78 Å². The van der Waals surface area contributed by atoms with Crippen LogP contribution in [-0.4, -0.2) is 52.1 Å². The quantitative estimate of drug-likeness (QED) is 0.518. The van der Waals surface area contributed by atoms with Crippen molar-refractivity contribution in [2.45, 2.75) is 6.42 Å². The molecule has 0 N–H and O–H groups in total. The van der Waals surface area contributed by atoms with Gasteiger partial charge in [-0.15, -0.1) is 0 Å². The van der Waals surface area contributed by atoms with Crippen LogP contribution in [0.4, 0.5) is 0 Å². The molecule has 0 amide bonds. The van der Waals surface area contributed by atoms with E-state index in [4.69, 9.17) is 14.2 Å². The Morgan fingerprint density at radius 2 is 1.76 bits per heavy atom. The lowest BCUT2D eigenvalue weighted by molar-refractivity contribution is 0.104. The van der Waals surface area contributed by atoms with Gasteiger partial charge < -0.3 is 19.1 Å². The highest BCUT2D eigenvalue weighted by Crippen LogP contribution is 2.45. The number of methoxy groups -OCH3 is 3. The van der Waals surface area contributed by atoms with E-state index in [1.54, 1.807) is 45.6 Å². The van der Waals surface area contributed by atoms with Gasteiger partial charge in [0.1, 0.15) is 17.2 Å². The zero-order valence-corrected chi connectivity index (χ0v) is 17.4. The Balaban J connectivity index is 2.09. The highest BCUT2D eigenvalue weighted by Gasteiger charge is 2.23. The van der Waals surface area contributed by atoms with Crippen molar-refractivity contribution >= 4 is 17.4 Å². The summed E-state index contributed by atoms with van der Waals surface area (Å²) in [5.74, 6) is 1.86. The molecule has 1 heterocycles. The van der Waals surface area contributed by atoms with E-state index in [9.17, 15) is 4.79 Å². The van der Waals surface area contributed by atoms with Crippen LogP contribution < -0.4 is 14.2 Å². The Morgan fingerprint density at radius 1 is 1.03 bits per heavy atom. The molecule has 0 aromatic heterocycles. The molecule has 0 unspecified atom stereocenters. The van der Waals surface area contributed by atoms with Gasteiger partial charge in [0.2, 0.25) is 0 Å². The summed E-state index contributed by atoms with van der Waals surface area (Å²) in [5, 5.41) is 0. The van der Waals surface area contributed by atoms with Crippen molar-refractivity contribution in [2.75, 3.05) is 41.5 Å². The fourth-order valence-electron chi connectivity index (χ4n) is 3.49. The summed E-state index contributed by atoms with van der Waals surface area (Å²) in [6, 6.07) is 11.0. The van der Waals surface area contributed by atoms with Gasteiger partial charge in [-0.2, -0.15) is 0 Å². The number of nitrogens with zero attached hydrogens (tertiary/aromatic N) is 1. The first-order chi connectivity index (χ1) is 14.1. The van der Waals surface area contributed by atoms with Crippen LogP contribution >= 0.6 is 0 Å². The van der Waals surface area contributed by atoms with Gasteiger partial charge in [0, 0.05) is 24.7 Å². The number of hydrogen-bond acceptors (Lipinski definition) is 5. The zero-order valence-electron chi connectivity index (χ0n) is 17.4. The molecular formula is C24H27NO4. The van der Waals surface area contributed by atoms with E-state index in [1.165, 1.54) is 5.57 Å². The molecular weight excluding hydrogens is 366 g/mol. The maximum atomic E-state index is 12.6. The first-order valence-corrected chi connectivity index (χ1v) is 9.57. The summed E-state index contributed by atoms with van der Waals surface area (Å²) >= 11 is 0. The first kappa shape index (κ1) is 20.7. The molecule has 0 saturated carbocycles. The number of hydrogen-bond donors (Lipinski definition) is 0. The third-order valence-electron chi connectivity index (χ3n) is 5.08. The second kappa shape index (κ2) is 9.43. The van der Waals surface area contributed by atoms with Crippen molar-refractivity contribution in [1.29, 1.82) is 0 Å². The minimum atomic E-state index is -0.0782. The van der Waals surface area contributed by atoms with Gasteiger partial charge in [-0.3, -0.25) is 4.79 Å². The largest absolute Gasteiger partial charge is 0.496 e. The number of allylic oxidation sites excluding steroid dienone is 1. The van der Waals surface area contributed by atoms with E-state index in [0.29, 0.717) is 22.8 Å². The van der Waals surface area contributed by atoms with Gasteiger partial charge in [0.25, 0.3) is 0 Å². The number of ketones is 1. The SMILES string of the molecule is COc1cc(OC)c(C2=CCN(C)CC2)c(OC)c1/C=C/C(=O)c1ccccc1. The van der Waals surface area contributed by atoms with Gasteiger partial charge in [-0.05, 0) is 31.2 Å². The second-order valence-corrected chi connectivity index (χ2v) is 6.91. The van der Waals surface area contributed by atoms with Crippen molar-refractivity contribution in [3.63, 3.8) is 0 Å². The molecule has 1 aliphatic rings. The monoisotopic (exact) mass is 393 g/mol. The molecule has 0 fully saturated rings. The van der Waals surface area contributed by atoms with Gasteiger partial charge >= 0.3 is 0 Å². The molecule has 0 spiro atoms. The lowest BCUT2D eigenvalue weighted by atomic mass is 9.94. The average Bonchev–Trinajstić information content (AvgIpc) is 2.77. The Morgan fingerprint density at radius 3 is 2.34 bits per heavy atom. The van der Waals surface area contributed by atoms with Crippen molar-refractivity contribution < 1.29 is 19.0 Å². The molecule has 0 atom stereocenters. The third kappa shape index (κ3) is 4.51. The number of carbonyl (C=O) groups excluding carboxylic acids is 1. The topological polar surface area (TPSA) is 48.0 Å². The number of ether oxygens (including phenoxy) is 3. The van der Waals surface area contributed by atoms with E-state index in [1.807, 2.05) is 24.3 Å². The standard InChI is InChI=1S/C24H27NO4/c1-25-14-12-18(13-15-25)23-22(28-3)16-21(27-2)19(24(23)29-4)10-11-20(26)17-8-6-5-7-9-17/h5-12,16H,13-15H2,1-4H3/b11-10+. The molecule has 0 aliphatic carbocycles. The predicted molar refractivity (Wildman–Crippen MR) is 116 cm³/mol. The van der Waals surface area contributed by atoms with Crippen LogP contribution in [-0.2, 0) is 0 Å². The summed E-state index contributed by atoms with van der Waals surface area (Å²) in [4.78, 5) is 14.8. The van der Waals surface area contributed by atoms with E-state index in [-0.39, 0.29) is 5.78 Å². The minimum Gasteiger partial charge on any atom is -0.496 e. The summed E-state index contributed by atoms with van der Waals surface area (Å²) in [6.07, 6.45) is 6.39. The molecule has 0 radical (unpaired) electrons. The minimum absolute atomic E-state index is 0.0782. The molecule has 5 heteroatoms. The normalized spacial score (nSPS) is 14.6. The van der Waals surface area contributed by atoms with Crippen LogP contribution in [0, 0.1) is 0 Å². The summed E-state index contributed by atoms with van der Waals surface area (Å²) in [6.45, 7) is 1.83. The fourth-order valence-corrected chi connectivity index (χ4v) is 3.49. The average molecular weight is 393 g/mol. The number of benzene rings is 2. The molecule has 0 bridgehead atoms. The lowest BCUT2D eigenvalue weighted by Crippen LogP contribution is -2.24. The Kier molecular flexibility index (Phi) is 6.73. The van der Waals surface area contributed by atoms with Crippen molar-refractivity contribution in [2.24, 2.45) is 0 Å². The van der Waals surface area contributed by atoms with Crippen LogP contribution in [0.15, 0.2) is 48.6 Å².